The third-order valence-corrected chi connectivity index (χ3v) is 13.7. The minimum atomic E-state index is -4.56. The molecule has 64 heavy (non-hydrogen) atoms. The van der Waals surface area contributed by atoms with E-state index >= 15 is 0 Å². The quantitative estimate of drug-likeness (QED) is 0.0272. The molecule has 380 valence electrons. The first-order valence-electron chi connectivity index (χ1n) is 27.7. The highest BCUT2D eigenvalue weighted by molar-refractivity contribution is 7.45. The summed E-state index contributed by atoms with van der Waals surface area (Å²) in [5, 5.41) is 14.0. The zero-order valence-corrected chi connectivity index (χ0v) is 44.1. The summed E-state index contributed by atoms with van der Waals surface area (Å²) < 4.78 is 23.4. The van der Waals surface area contributed by atoms with E-state index in [1.165, 1.54) is 199 Å². The molecule has 1 amide bonds. The van der Waals surface area contributed by atoms with Gasteiger partial charge in [0.25, 0.3) is 7.82 Å². The number of unbranched alkanes of at least 4 members (excludes halogenated alkanes) is 34. The maximum Gasteiger partial charge on any atom is 0.268 e. The lowest BCUT2D eigenvalue weighted by atomic mass is 10.0. The smallest absolute Gasteiger partial charge is 0.268 e. The van der Waals surface area contributed by atoms with Gasteiger partial charge in [0.15, 0.2) is 0 Å². The highest BCUT2D eigenvalue weighted by atomic mass is 31.2. The van der Waals surface area contributed by atoms with Crippen LogP contribution >= 0.6 is 7.82 Å². The molecule has 0 aromatic carbocycles. The van der Waals surface area contributed by atoms with E-state index in [4.69, 9.17) is 9.05 Å². The maximum absolute atomic E-state index is 12.9. The van der Waals surface area contributed by atoms with Crippen molar-refractivity contribution in [2.24, 2.45) is 0 Å². The normalized spacial score (nSPS) is 14.2. The van der Waals surface area contributed by atoms with Crippen molar-refractivity contribution in [2.75, 3.05) is 40.9 Å². The van der Waals surface area contributed by atoms with Crippen molar-refractivity contribution in [3.63, 3.8) is 0 Å². The van der Waals surface area contributed by atoms with E-state index in [0.717, 1.165) is 44.9 Å². The van der Waals surface area contributed by atoms with Crippen LogP contribution in [0.4, 0.5) is 0 Å². The molecule has 8 nitrogen and oxygen atoms in total. The van der Waals surface area contributed by atoms with Crippen molar-refractivity contribution >= 4 is 13.7 Å². The summed E-state index contributed by atoms with van der Waals surface area (Å²) in [4.78, 5) is 25.4. The predicted molar refractivity (Wildman–Crippen MR) is 275 cm³/mol. The van der Waals surface area contributed by atoms with E-state index in [0.29, 0.717) is 23.9 Å². The second-order valence-corrected chi connectivity index (χ2v) is 21.7. The fourth-order valence-corrected chi connectivity index (χ4v) is 9.03. The minimum Gasteiger partial charge on any atom is -0.756 e. The lowest BCUT2D eigenvalue weighted by Gasteiger charge is -2.30. The molecule has 0 aromatic heterocycles. The third kappa shape index (κ3) is 48.9. The van der Waals surface area contributed by atoms with Crippen LogP contribution in [0.1, 0.15) is 271 Å². The Labute approximate surface area is 398 Å². The number of nitrogens with zero attached hydrogens (tertiary/aromatic N) is 1. The SMILES string of the molecule is CCCCCCC/C=C\C/C=C\CCCCCCCCCCCCCCCCCCCC(=O)NC(COP(=O)([O-])OCC[N+](C)(C)C)C(O)CCCCCCCCCCCCCCC. The fourth-order valence-electron chi connectivity index (χ4n) is 8.31. The summed E-state index contributed by atoms with van der Waals surface area (Å²) in [7, 11) is 1.31. The van der Waals surface area contributed by atoms with Crippen LogP contribution in [0, 0.1) is 0 Å². The van der Waals surface area contributed by atoms with Gasteiger partial charge >= 0.3 is 0 Å². The van der Waals surface area contributed by atoms with E-state index < -0.39 is 20.0 Å². The number of amides is 1. The fraction of sp³-hybridized carbons (Fsp3) is 0.909. The van der Waals surface area contributed by atoms with E-state index in [1.807, 2.05) is 21.1 Å². The monoisotopic (exact) mass is 925 g/mol. The summed E-state index contributed by atoms with van der Waals surface area (Å²) in [6.45, 7) is 4.73. The van der Waals surface area contributed by atoms with Gasteiger partial charge in [-0.3, -0.25) is 9.36 Å². The molecule has 0 heterocycles. The van der Waals surface area contributed by atoms with Gasteiger partial charge in [-0.05, 0) is 44.9 Å². The molecule has 3 atom stereocenters. The lowest BCUT2D eigenvalue weighted by Crippen LogP contribution is -2.46. The van der Waals surface area contributed by atoms with Crippen molar-refractivity contribution in [3.05, 3.63) is 24.3 Å². The molecule has 0 rings (SSSR count). The van der Waals surface area contributed by atoms with Crippen molar-refractivity contribution in [1.82, 2.24) is 5.32 Å². The molecular weight excluding hydrogens is 816 g/mol. The van der Waals surface area contributed by atoms with Crippen LogP contribution in [0.2, 0.25) is 0 Å². The molecule has 0 aliphatic rings. The van der Waals surface area contributed by atoms with Gasteiger partial charge in [-0.1, -0.05) is 244 Å². The van der Waals surface area contributed by atoms with E-state index in [1.54, 1.807) is 0 Å². The van der Waals surface area contributed by atoms with Crippen LogP contribution in [-0.2, 0) is 18.4 Å². The molecule has 2 N–H and O–H groups in total. The molecule has 0 saturated heterocycles. The number of hydrogen-bond acceptors (Lipinski definition) is 6. The first kappa shape index (κ1) is 63.0. The molecular formula is C55H109N2O6P. The number of hydrogen-bond donors (Lipinski definition) is 2. The molecule has 0 bridgehead atoms. The Hall–Kier alpha value is -1.02. The summed E-state index contributed by atoms with van der Waals surface area (Å²) in [6, 6.07) is -0.797. The minimum absolute atomic E-state index is 0.0141. The van der Waals surface area contributed by atoms with Crippen LogP contribution in [-0.4, -0.2) is 68.5 Å². The van der Waals surface area contributed by atoms with Gasteiger partial charge in [0.1, 0.15) is 13.2 Å². The van der Waals surface area contributed by atoms with Crippen LogP contribution in [0.25, 0.3) is 0 Å². The molecule has 0 aliphatic heterocycles. The molecule has 0 radical (unpaired) electrons. The van der Waals surface area contributed by atoms with Crippen molar-refractivity contribution in [1.29, 1.82) is 0 Å². The van der Waals surface area contributed by atoms with Gasteiger partial charge in [-0.15, -0.1) is 0 Å². The largest absolute Gasteiger partial charge is 0.756 e. The number of aliphatic hydroxyl groups is 1. The molecule has 0 spiro atoms. The molecule has 0 fully saturated rings. The standard InChI is InChI=1S/C55H109N2O6P/c1-6-8-10-12-14-16-18-20-21-22-23-24-25-26-27-28-29-30-31-32-33-34-35-37-39-41-43-45-47-49-55(59)56-53(52-63-64(60,61)62-51-50-57(3,4)5)54(58)48-46-44-42-40-38-36-19-17-15-13-11-9-7-2/h18,20,22-23,53-54,58H,6-17,19,21,24-52H2,1-5H3,(H-,56,59,60,61)/b20-18-,23-22-. The van der Waals surface area contributed by atoms with E-state index in [9.17, 15) is 19.4 Å². The Balaban J connectivity index is 4.04. The van der Waals surface area contributed by atoms with Crippen molar-refractivity contribution in [3.8, 4) is 0 Å². The number of phosphoric ester groups is 1. The Kier molecular flexibility index (Phi) is 46.3. The zero-order valence-electron chi connectivity index (χ0n) is 43.3. The van der Waals surface area contributed by atoms with Crippen molar-refractivity contribution in [2.45, 2.75) is 283 Å². The number of rotatable bonds is 51. The van der Waals surface area contributed by atoms with E-state index in [2.05, 4.69) is 43.5 Å². The van der Waals surface area contributed by atoms with Crippen LogP contribution in [0.3, 0.4) is 0 Å². The van der Waals surface area contributed by atoms with Crippen molar-refractivity contribution < 1.29 is 32.9 Å². The third-order valence-electron chi connectivity index (χ3n) is 12.7. The van der Waals surface area contributed by atoms with E-state index in [-0.39, 0.29) is 19.1 Å². The molecule has 0 saturated carbocycles. The summed E-state index contributed by atoms with van der Waals surface area (Å²) in [5.41, 5.74) is 0. The molecule has 9 heteroatoms. The topological polar surface area (TPSA) is 108 Å². The van der Waals surface area contributed by atoms with Gasteiger partial charge < -0.3 is 28.8 Å². The second kappa shape index (κ2) is 47.1. The van der Waals surface area contributed by atoms with Gasteiger partial charge in [0.05, 0.1) is 39.9 Å². The van der Waals surface area contributed by atoms with Gasteiger partial charge in [0, 0.05) is 6.42 Å². The Morgan fingerprint density at radius 3 is 1.30 bits per heavy atom. The van der Waals surface area contributed by atoms with Gasteiger partial charge in [-0.25, -0.2) is 0 Å². The first-order valence-corrected chi connectivity index (χ1v) is 29.1. The maximum atomic E-state index is 12.9. The molecule has 3 unspecified atom stereocenters. The second-order valence-electron chi connectivity index (χ2n) is 20.3. The van der Waals surface area contributed by atoms with Crippen LogP contribution in [0.5, 0.6) is 0 Å². The lowest BCUT2D eigenvalue weighted by molar-refractivity contribution is -0.870. The number of quaternary nitrogens is 1. The first-order chi connectivity index (χ1) is 31.0. The predicted octanol–water partition coefficient (Wildman–Crippen LogP) is 15.8. The van der Waals surface area contributed by atoms with Crippen LogP contribution in [0.15, 0.2) is 24.3 Å². The number of likely N-dealkylation sites (N-methyl/N-ethyl adjacent to an activating group) is 1. The molecule has 0 aliphatic carbocycles. The summed E-state index contributed by atoms with van der Waals surface area (Å²) in [5.74, 6) is -0.162. The number of carbonyl (C=O) groups excluding carboxylic acids is 1. The zero-order chi connectivity index (χ0) is 47.1. The average molecular weight is 925 g/mol. The van der Waals surface area contributed by atoms with Gasteiger partial charge in [-0.2, -0.15) is 0 Å². The highest BCUT2D eigenvalue weighted by Gasteiger charge is 2.24. The number of allylic oxidation sites excluding steroid dienone is 4. The van der Waals surface area contributed by atoms with Crippen LogP contribution < -0.4 is 10.2 Å². The Morgan fingerprint density at radius 2 is 0.906 bits per heavy atom. The number of phosphoric acid groups is 1. The Morgan fingerprint density at radius 1 is 0.547 bits per heavy atom. The number of nitrogens with one attached hydrogen (secondary N) is 1. The van der Waals surface area contributed by atoms with Gasteiger partial charge in [0.2, 0.25) is 5.91 Å². The summed E-state index contributed by atoms with van der Waals surface area (Å²) >= 11 is 0. The molecule has 0 aromatic rings. The Bertz CT molecular complexity index is 1090. The number of carbonyl (C=O) groups is 1. The summed E-state index contributed by atoms with van der Waals surface area (Å²) in [6.07, 6.45) is 57.8. The average Bonchev–Trinajstić information content (AvgIpc) is 3.25. The highest BCUT2D eigenvalue weighted by Crippen LogP contribution is 2.38. The number of aliphatic hydroxyl groups excluding tert-OH is 1.